The average Bonchev–Trinajstić information content (AvgIpc) is 0.796. The maximum absolute atomic E-state index is 14.0. The van der Waals surface area contributed by atoms with E-state index in [1.807, 2.05) is 69.3 Å². The number of anilines is 3. The van der Waals surface area contributed by atoms with Crippen molar-refractivity contribution in [2.45, 2.75) is 103 Å². The Morgan fingerprint density at radius 2 is 0.832 bits per heavy atom. The number of ether oxygens (including phenoxy) is 4. The maximum Gasteiger partial charge on any atom is 0.257 e. The third-order valence-corrected chi connectivity index (χ3v) is 23.0. The molecule has 3 unspecified atom stereocenters. The quantitative estimate of drug-likeness (QED) is 0.0584. The summed E-state index contributed by atoms with van der Waals surface area (Å²) in [6, 6.07) is 34.9. The number of piperazine rings is 2. The van der Waals surface area contributed by atoms with Gasteiger partial charge < -0.3 is 66.0 Å². The molecular weight excluding hydrogens is 1570 g/mol. The van der Waals surface area contributed by atoms with Crippen LogP contribution in [-0.4, -0.2) is 180 Å². The van der Waals surface area contributed by atoms with E-state index in [1.54, 1.807) is 69.7 Å². The molecule has 9 aromatic rings. The third kappa shape index (κ3) is 20.6. The van der Waals surface area contributed by atoms with Gasteiger partial charge in [0.25, 0.3) is 17.7 Å². The van der Waals surface area contributed by atoms with E-state index in [9.17, 15) is 27.6 Å². The maximum atomic E-state index is 14.0. The van der Waals surface area contributed by atoms with E-state index < -0.39 is 35.8 Å². The summed E-state index contributed by atoms with van der Waals surface area (Å²) in [6.45, 7) is 17.6. The second kappa shape index (κ2) is 38.1. The number of benzene rings is 6. The predicted molar refractivity (Wildman–Crippen MR) is 444 cm³/mol. The fourth-order valence-corrected chi connectivity index (χ4v) is 16.6. The number of carbonyl (C=O) groups is 3. The summed E-state index contributed by atoms with van der Waals surface area (Å²) < 4.78 is 65.6. The van der Waals surface area contributed by atoms with Gasteiger partial charge in [0.15, 0.2) is 34.7 Å². The standard InChI is InChI=1S/C30H34Cl2FN5O2.C27H29Cl2FN4O3.C27H29Cl2FN4O2/c1-19(27-24(31)7-8-25(33)28(27)32)40-26-17-22(18-35-29(26)34)20-3-5-21(6-4-20)30(39)38-15-13-37(14-16-38)23-9-11-36(2)12-10-23;1-14-12-34(13-15(2)33-14)27(35)19-6-5-17(9-22(19)36-4)18-10-23(26(31)32-11-18)37-16(3)24-20(28)7-8-21(30)25(24)29;1-16(24-21(28)8-9-22(30)25(24)29)36-23-14-19(15-32-26(23)31)17-4-6-18(7-5-17)27(35)34-12-10-20(11-13-34)33(2)3/h3-8,17-19,23H,9-16H2,1-2H3,(H2,34,35);5-11,14-16,33H,12-13H2,1-4H3,(H2,31,32);4-9,14-16,20H,10-13H2,1-3H3,(H2,31,32)/t;14-,15+,16?;. The first kappa shape index (κ1) is 85.0. The van der Waals surface area contributed by atoms with Gasteiger partial charge in [-0.3, -0.25) is 19.3 Å². The fourth-order valence-electron chi connectivity index (χ4n) is 14.5. The van der Waals surface area contributed by atoms with Gasteiger partial charge in [-0.15, -0.1) is 0 Å². The van der Waals surface area contributed by atoms with Crippen LogP contribution in [0.3, 0.4) is 0 Å². The van der Waals surface area contributed by atoms with Crippen molar-refractivity contribution < 1.29 is 46.5 Å². The largest absolute Gasteiger partial charge is 0.496 e. The Morgan fingerprint density at radius 3 is 1.21 bits per heavy atom. The van der Waals surface area contributed by atoms with Crippen molar-refractivity contribution in [3.63, 3.8) is 0 Å². The summed E-state index contributed by atoms with van der Waals surface area (Å²) in [6.07, 6.45) is 7.19. The number of aromatic nitrogens is 3. The van der Waals surface area contributed by atoms with Crippen LogP contribution in [0.5, 0.6) is 23.0 Å². The second-order valence-electron chi connectivity index (χ2n) is 29.0. The molecule has 0 bridgehead atoms. The van der Waals surface area contributed by atoms with Gasteiger partial charge in [0, 0.05) is 155 Å². The minimum Gasteiger partial charge on any atom is -0.496 e. The molecule has 598 valence electrons. The minimum atomic E-state index is -0.701. The molecule has 4 saturated heterocycles. The molecule has 6 aromatic carbocycles. The van der Waals surface area contributed by atoms with Gasteiger partial charge in [-0.25, -0.2) is 28.1 Å². The van der Waals surface area contributed by atoms with Gasteiger partial charge >= 0.3 is 0 Å². The number of methoxy groups -OCH3 is 1. The van der Waals surface area contributed by atoms with E-state index in [1.165, 1.54) is 56.3 Å². The van der Waals surface area contributed by atoms with E-state index in [-0.39, 0.29) is 73.1 Å². The molecule has 0 aliphatic carbocycles. The van der Waals surface area contributed by atoms with Crippen molar-refractivity contribution in [2.75, 3.05) is 111 Å². The Labute approximate surface area is 687 Å². The lowest BCUT2D eigenvalue weighted by atomic mass is 10.0. The molecule has 113 heavy (non-hydrogen) atoms. The number of rotatable bonds is 18. The third-order valence-electron chi connectivity index (χ3n) is 20.8. The van der Waals surface area contributed by atoms with Crippen molar-refractivity contribution in [3.05, 3.63) is 221 Å². The fraction of sp³-hybridized carbons (Fsp3) is 0.357. The van der Waals surface area contributed by atoms with E-state index in [0.717, 1.165) is 93.0 Å². The Hall–Kier alpha value is -8.85. The molecule has 20 nitrogen and oxygen atoms in total. The first-order chi connectivity index (χ1) is 53.9. The molecule has 5 atom stereocenters. The van der Waals surface area contributed by atoms with Crippen molar-refractivity contribution in [2.24, 2.45) is 0 Å². The van der Waals surface area contributed by atoms with Crippen molar-refractivity contribution >= 4 is 105 Å². The zero-order valence-electron chi connectivity index (χ0n) is 64.2. The molecule has 4 aliphatic rings. The van der Waals surface area contributed by atoms with Crippen LogP contribution in [0.15, 0.2) is 140 Å². The normalized spacial score (nSPS) is 17.3. The summed E-state index contributed by atoms with van der Waals surface area (Å²) in [4.78, 5) is 65.1. The number of nitrogens with two attached hydrogens (primary N) is 3. The van der Waals surface area contributed by atoms with Gasteiger partial charge in [0.05, 0.1) is 27.7 Å². The molecule has 7 N–H and O–H groups in total. The average molecular weight is 1670 g/mol. The number of hydrogen-bond donors (Lipinski definition) is 4. The van der Waals surface area contributed by atoms with Crippen LogP contribution in [0, 0.1) is 17.5 Å². The molecular formula is C84H92Cl6F3N13O7. The smallest absolute Gasteiger partial charge is 0.257 e. The monoisotopic (exact) mass is 1660 g/mol. The molecule has 3 aromatic heterocycles. The van der Waals surface area contributed by atoms with Crippen LogP contribution < -0.4 is 41.5 Å². The number of piperidine rings is 2. The van der Waals surface area contributed by atoms with Crippen molar-refractivity contribution in [1.29, 1.82) is 0 Å². The first-order valence-electron chi connectivity index (χ1n) is 37.2. The highest BCUT2D eigenvalue weighted by atomic mass is 35.5. The number of nitrogens with zero attached hydrogens (tertiary/aromatic N) is 9. The van der Waals surface area contributed by atoms with Gasteiger partial charge in [-0.05, 0) is 202 Å². The highest BCUT2D eigenvalue weighted by Gasteiger charge is 2.32. The molecule has 13 rings (SSSR count). The van der Waals surface area contributed by atoms with E-state index in [4.69, 9.17) is 106 Å². The van der Waals surface area contributed by atoms with Crippen LogP contribution in [0.2, 0.25) is 30.1 Å². The van der Waals surface area contributed by atoms with Crippen molar-refractivity contribution in [3.8, 4) is 56.4 Å². The summed E-state index contributed by atoms with van der Waals surface area (Å²) >= 11 is 37.2. The topological polar surface area (TPSA) is 236 Å². The molecule has 7 heterocycles. The van der Waals surface area contributed by atoms with Crippen LogP contribution in [0.4, 0.5) is 30.6 Å². The lowest BCUT2D eigenvalue weighted by Crippen LogP contribution is -2.55. The Balaban J connectivity index is 0.000000168. The summed E-state index contributed by atoms with van der Waals surface area (Å²) in [5.41, 5.74) is 25.6. The lowest BCUT2D eigenvalue weighted by Gasteiger charge is -2.42. The lowest BCUT2D eigenvalue weighted by molar-refractivity contribution is 0.0475. The summed E-state index contributed by atoms with van der Waals surface area (Å²) in [5, 5.41) is 4.00. The van der Waals surface area contributed by atoms with E-state index >= 15 is 0 Å². The van der Waals surface area contributed by atoms with Gasteiger partial charge in [-0.1, -0.05) is 99.9 Å². The summed E-state index contributed by atoms with van der Waals surface area (Å²) in [7, 11) is 7.87. The molecule has 0 radical (unpaired) electrons. The Kier molecular flexibility index (Phi) is 28.6. The van der Waals surface area contributed by atoms with Gasteiger partial charge in [0.2, 0.25) is 0 Å². The zero-order chi connectivity index (χ0) is 81.2. The molecule has 4 fully saturated rings. The molecule has 3 amide bonds. The van der Waals surface area contributed by atoms with Gasteiger partial charge in [0.1, 0.15) is 41.5 Å². The van der Waals surface area contributed by atoms with Crippen molar-refractivity contribution in [1.82, 2.24) is 49.7 Å². The number of carbonyl (C=O) groups excluding carboxylic acids is 3. The number of nitrogen functional groups attached to an aromatic ring is 3. The number of nitrogens with one attached hydrogen (secondary N) is 1. The first-order valence-corrected chi connectivity index (χ1v) is 39.5. The zero-order valence-corrected chi connectivity index (χ0v) is 68.8. The molecule has 0 spiro atoms. The molecule has 29 heteroatoms. The number of halogens is 9. The van der Waals surface area contributed by atoms with Crippen LogP contribution in [0.25, 0.3) is 33.4 Å². The minimum absolute atomic E-state index is 0.0379. The SMILES string of the molecule is CC(Oc1cc(-c2ccc(C(=O)N3CCC(N(C)C)CC3)cc2)cnc1N)c1c(Cl)ccc(F)c1Cl.CC(Oc1cc(-c2ccc(C(=O)N3CCN(C4CCN(C)CC4)CC3)cc2)cnc1N)c1c(Cl)ccc(F)c1Cl.COc1cc(-c2cnc(N)c(OC(C)c3c(Cl)ccc(F)c3Cl)c2)ccc1C(=O)N1C[C@@H](C)N[C@@H](C)C1. The molecule has 0 saturated carbocycles. The molecule has 4 aliphatic heterocycles. The highest BCUT2D eigenvalue weighted by molar-refractivity contribution is 6.37. The van der Waals surface area contributed by atoms with Crippen LogP contribution in [0.1, 0.15) is 126 Å². The second-order valence-corrected chi connectivity index (χ2v) is 31.3. The van der Waals surface area contributed by atoms with E-state index in [2.05, 4.69) is 70.0 Å². The summed E-state index contributed by atoms with van der Waals surface area (Å²) in [5.74, 6) is 0.146. The number of hydrogen-bond acceptors (Lipinski definition) is 17. The van der Waals surface area contributed by atoms with E-state index in [0.29, 0.717) is 91.4 Å². The number of pyridine rings is 3. The predicted octanol–water partition coefficient (Wildman–Crippen LogP) is 17.6. The number of amides is 3. The Morgan fingerprint density at radius 1 is 0.469 bits per heavy atom. The number of likely N-dealkylation sites (tertiary alicyclic amines) is 2. The van der Waals surface area contributed by atoms with Crippen LogP contribution >= 0.6 is 69.6 Å². The van der Waals surface area contributed by atoms with Gasteiger partial charge in [-0.2, -0.15) is 0 Å². The Bertz CT molecular complexity index is 4870. The highest BCUT2D eigenvalue weighted by Crippen LogP contribution is 2.42. The van der Waals surface area contributed by atoms with Crippen LogP contribution in [-0.2, 0) is 0 Å².